The van der Waals surface area contributed by atoms with E-state index in [4.69, 9.17) is 9.72 Å². The fourth-order valence-corrected chi connectivity index (χ4v) is 4.14. The monoisotopic (exact) mass is 491 g/mol. The Morgan fingerprint density at radius 1 is 1.03 bits per heavy atom. The number of amides is 1. The van der Waals surface area contributed by atoms with Crippen LogP contribution in [0.25, 0.3) is 11.0 Å². The first kappa shape index (κ1) is 22.1. The van der Waals surface area contributed by atoms with E-state index in [0.717, 1.165) is 38.2 Å². The zero-order valence-corrected chi connectivity index (χ0v) is 20.0. The van der Waals surface area contributed by atoms with Crippen LogP contribution in [0.3, 0.4) is 0 Å². The van der Waals surface area contributed by atoms with E-state index < -0.39 is 0 Å². The van der Waals surface area contributed by atoms with Gasteiger partial charge in [-0.25, -0.2) is 4.98 Å². The zero-order valence-electron chi connectivity index (χ0n) is 18.4. The number of aromatic nitrogens is 2. The van der Waals surface area contributed by atoms with E-state index in [0.29, 0.717) is 18.7 Å². The molecule has 0 bridgehead atoms. The minimum absolute atomic E-state index is 0.129. The highest BCUT2D eigenvalue weighted by molar-refractivity contribution is 9.10. The van der Waals surface area contributed by atoms with Gasteiger partial charge < -0.3 is 14.6 Å². The maximum atomic E-state index is 12.8. The molecule has 1 unspecified atom stereocenters. The van der Waals surface area contributed by atoms with Gasteiger partial charge in [0.2, 0.25) is 0 Å². The van der Waals surface area contributed by atoms with Gasteiger partial charge in [-0.1, -0.05) is 46.3 Å². The number of carbonyl (C=O) groups excluding carboxylic acids is 1. The fraction of sp³-hybridized carbons (Fsp3) is 0.231. The smallest absolute Gasteiger partial charge is 0.251 e. The molecule has 1 N–H and O–H groups in total. The summed E-state index contributed by atoms with van der Waals surface area (Å²) in [6.07, 6.45) is 0. The van der Waals surface area contributed by atoms with Gasteiger partial charge >= 0.3 is 0 Å². The highest BCUT2D eigenvalue weighted by atomic mass is 79.9. The number of para-hydroxylation sites is 3. The highest BCUT2D eigenvalue weighted by Gasteiger charge is 2.19. The number of fused-ring (bicyclic) bond motifs is 1. The summed E-state index contributed by atoms with van der Waals surface area (Å²) in [4.78, 5) is 17.6. The van der Waals surface area contributed by atoms with Crippen molar-refractivity contribution in [1.82, 2.24) is 14.9 Å². The number of rotatable bonds is 7. The van der Waals surface area contributed by atoms with Gasteiger partial charge in [0.05, 0.1) is 23.6 Å². The predicted octanol–water partition coefficient (Wildman–Crippen LogP) is 5.99. The molecule has 5 nitrogen and oxygen atoms in total. The molecule has 1 aromatic heterocycles. The van der Waals surface area contributed by atoms with Gasteiger partial charge in [-0.05, 0) is 68.3 Å². The Morgan fingerprint density at radius 2 is 1.72 bits per heavy atom. The molecule has 4 rings (SSSR count). The van der Waals surface area contributed by atoms with Crippen molar-refractivity contribution in [1.29, 1.82) is 0 Å². The fourth-order valence-electron chi connectivity index (χ4n) is 3.87. The number of benzene rings is 3. The van der Waals surface area contributed by atoms with Gasteiger partial charge in [0.25, 0.3) is 5.91 Å². The van der Waals surface area contributed by atoms with Gasteiger partial charge in [-0.15, -0.1) is 0 Å². The van der Waals surface area contributed by atoms with Crippen LogP contribution in [0.2, 0.25) is 0 Å². The third kappa shape index (κ3) is 4.70. The van der Waals surface area contributed by atoms with E-state index in [9.17, 15) is 4.79 Å². The Labute approximate surface area is 196 Å². The Bertz CT molecular complexity index is 1230. The Kier molecular flexibility index (Phi) is 6.61. The predicted molar refractivity (Wildman–Crippen MR) is 131 cm³/mol. The lowest BCUT2D eigenvalue weighted by molar-refractivity contribution is 0.0937. The van der Waals surface area contributed by atoms with E-state index in [1.807, 2.05) is 49.4 Å². The number of hydrogen-bond donors (Lipinski definition) is 1. The van der Waals surface area contributed by atoms with Crippen LogP contribution in [-0.2, 0) is 6.54 Å². The van der Waals surface area contributed by atoms with Crippen molar-refractivity contribution in [2.75, 3.05) is 6.61 Å². The van der Waals surface area contributed by atoms with E-state index in [1.165, 1.54) is 0 Å². The molecule has 0 fully saturated rings. The van der Waals surface area contributed by atoms with Crippen molar-refractivity contribution < 1.29 is 9.53 Å². The number of aryl methyl sites for hydroxylation is 2. The van der Waals surface area contributed by atoms with Gasteiger partial charge in [0.1, 0.15) is 18.2 Å². The van der Waals surface area contributed by atoms with E-state index in [2.05, 4.69) is 51.8 Å². The largest absolute Gasteiger partial charge is 0.491 e. The Morgan fingerprint density at radius 3 is 2.44 bits per heavy atom. The van der Waals surface area contributed by atoms with Crippen molar-refractivity contribution in [3.63, 3.8) is 0 Å². The minimum atomic E-state index is -0.265. The van der Waals surface area contributed by atoms with Crippen molar-refractivity contribution in [2.45, 2.75) is 33.4 Å². The highest BCUT2D eigenvalue weighted by Crippen LogP contribution is 2.24. The molecule has 3 aromatic carbocycles. The molecule has 0 aliphatic carbocycles. The summed E-state index contributed by atoms with van der Waals surface area (Å²) < 4.78 is 9.22. The zero-order chi connectivity index (χ0) is 22.7. The second-order valence-electron chi connectivity index (χ2n) is 7.88. The SMILES string of the molecule is Cc1cccc(C)c1OCCn1c(C(C)NC(=O)c2ccc(Br)cc2)nc2ccccc21. The van der Waals surface area contributed by atoms with Crippen molar-refractivity contribution in [3.8, 4) is 5.75 Å². The van der Waals surface area contributed by atoms with Crippen molar-refractivity contribution in [3.05, 3.63) is 93.7 Å². The third-order valence-electron chi connectivity index (χ3n) is 5.50. The van der Waals surface area contributed by atoms with Crippen LogP contribution >= 0.6 is 15.9 Å². The number of halogens is 1. The second-order valence-corrected chi connectivity index (χ2v) is 8.80. The molecule has 0 saturated carbocycles. The molecule has 0 spiro atoms. The lowest BCUT2D eigenvalue weighted by Crippen LogP contribution is -2.29. The number of nitrogens with one attached hydrogen (secondary N) is 1. The number of ether oxygens (including phenoxy) is 1. The van der Waals surface area contributed by atoms with Crippen LogP contribution in [0.5, 0.6) is 5.75 Å². The molecule has 0 saturated heterocycles. The van der Waals surface area contributed by atoms with E-state index in [1.54, 1.807) is 12.1 Å². The summed E-state index contributed by atoms with van der Waals surface area (Å²) in [6.45, 7) is 7.20. The number of hydrogen-bond acceptors (Lipinski definition) is 3. The summed E-state index contributed by atoms with van der Waals surface area (Å²) in [5.41, 5.74) is 4.78. The van der Waals surface area contributed by atoms with E-state index in [-0.39, 0.29) is 11.9 Å². The molecule has 164 valence electrons. The third-order valence-corrected chi connectivity index (χ3v) is 6.02. The molecule has 1 atom stereocenters. The molecular weight excluding hydrogens is 466 g/mol. The van der Waals surface area contributed by atoms with Crippen LogP contribution < -0.4 is 10.1 Å². The normalized spacial score (nSPS) is 12.0. The first-order valence-electron chi connectivity index (χ1n) is 10.6. The first-order valence-corrected chi connectivity index (χ1v) is 11.4. The van der Waals surface area contributed by atoms with Crippen LogP contribution in [0.4, 0.5) is 0 Å². The van der Waals surface area contributed by atoms with Crippen LogP contribution in [0, 0.1) is 13.8 Å². The van der Waals surface area contributed by atoms with Crippen LogP contribution in [0.1, 0.15) is 40.3 Å². The van der Waals surface area contributed by atoms with Gasteiger partial charge in [-0.2, -0.15) is 0 Å². The van der Waals surface area contributed by atoms with Crippen molar-refractivity contribution >= 4 is 32.9 Å². The standard InChI is InChI=1S/C26H26BrN3O2/c1-17-7-6-8-18(2)24(17)32-16-15-30-23-10-5-4-9-22(23)29-25(30)19(3)28-26(31)20-11-13-21(27)14-12-20/h4-14,19H,15-16H2,1-3H3,(H,28,31). The lowest BCUT2D eigenvalue weighted by Gasteiger charge is -2.18. The molecular formula is C26H26BrN3O2. The summed E-state index contributed by atoms with van der Waals surface area (Å²) in [6, 6.07) is 21.2. The topological polar surface area (TPSA) is 56.1 Å². The molecule has 0 aliphatic rings. The Balaban J connectivity index is 1.55. The minimum Gasteiger partial charge on any atom is -0.491 e. The quantitative estimate of drug-likeness (QED) is 0.345. The van der Waals surface area contributed by atoms with Gasteiger partial charge in [-0.3, -0.25) is 4.79 Å². The molecule has 0 radical (unpaired) electrons. The Hall–Kier alpha value is -3.12. The van der Waals surface area contributed by atoms with Crippen molar-refractivity contribution in [2.24, 2.45) is 0 Å². The van der Waals surface area contributed by atoms with E-state index >= 15 is 0 Å². The number of imidazole rings is 1. The summed E-state index contributed by atoms with van der Waals surface area (Å²) in [7, 11) is 0. The molecule has 32 heavy (non-hydrogen) atoms. The van der Waals surface area contributed by atoms with Gasteiger partial charge in [0, 0.05) is 10.0 Å². The summed E-state index contributed by atoms with van der Waals surface area (Å²) in [5, 5.41) is 3.08. The molecule has 1 heterocycles. The molecule has 4 aromatic rings. The average molecular weight is 492 g/mol. The lowest BCUT2D eigenvalue weighted by atomic mass is 10.1. The van der Waals surface area contributed by atoms with Crippen LogP contribution in [-0.4, -0.2) is 22.1 Å². The maximum absolute atomic E-state index is 12.8. The maximum Gasteiger partial charge on any atom is 0.251 e. The summed E-state index contributed by atoms with van der Waals surface area (Å²) in [5.74, 6) is 1.60. The molecule has 6 heteroatoms. The summed E-state index contributed by atoms with van der Waals surface area (Å²) >= 11 is 3.40. The average Bonchev–Trinajstić information content (AvgIpc) is 3.15. The molecule has 0 aliphatic heterocycles. The molecule has 1 amide bonds. The second kappa shape index (κ2) is 9.57. The number of carbonyl (C=O) groups is 1. The van der Waals surface area contributed by atoms with Gasteiger partial charge in [0.15, 0.2) is 0 Å². The number of nitrogens with zero attached hydrogens (tertiary/aromatic N) is 2. The van der Waals surface area contributed by atoms with Crippen LogP contribution in [0.15, 0.2) is 71.2 Å². The first-order chi connectivity index (χ1) is 15.4.